The minimum Gasteiger partial charge on any atom is -2.00 e. The maximum atomic E-state index is 0. The summed E-state index contributed by atoms with van der Waals surface area (Å²) in [5.41, 5.74) is 0. The molecule has 0 amide bonds. The van der Waals surface area contributed by atoms with Crippen LogP contribution in [0, 0.1) is 0 Å². The summed E-state index contributed by atoms with van der Waals surface area (Å²) in [6.45, 7) is 0. The molecule has 0 aromatic heterocycles. The quantitative estimate of drug-likeness (QED) is 0.434. The molecule has 0 radical (unpaired) electrons. The predicted octanol–water partition coefficient (Wildman–Crippen LogP) is -0.419. The molecule has 0 fully saturated rings. The van der Waals surface area contributed by atoms with Gasteiger partial charge in [0.05, 0.1) is 0 Å². The molecule has 0 saturated carbocycles. The topological polar surface area (TPSA) is 87.0 Å². The third-order valence-corrected chi connectivity index (χ3v) is 0. The van der Waals surface area contributed by atoms with Crippen LogP contribution in [0.5, 0.6) is 0 Å². The smallest absolute Gasteiger partial charge is 2.00 e. The van der Waals surface area contributed by atoms with E-state index in [1.165, 1.54) is 0 Å². The Bertz CT molecular complexity index is 6.85. The van der Waals surface area contributed by atoms with Gasteiger partial charge in [0.2, 0.25) is 0 Å². The Kier molecular flexibility index (Phi) is 1800. The Balaban J connectivity index is 0. The van der Waals surface area contributed by atoms with Crippen LogP contribution in [-0.2, 0) is 49.7 Å². The van der Waals surface area contributed by atoms with Crippen molar-refractivity contribution in [1.82, 2.24) is 0 Å². The van der Waals surface area contributed by atoms with E-state index in [1.807, 2.05) is 0 Å². The first kappa shape index (κ1) is 129. The van der Waals surface area contributed by atoms with Crippen molar-refractivity contribution in [2.24, 2.45) is 0 Å². The molecule has 0 aromatic rings. The number of hydrogen-bond donors (Lipinski definition) is 0. The van der Waals surface area contributed by atoms with Crippen molar-refractivity contribution >= 4 is 0 Å². The molecule has 34 valence electrons. The molecule has 5 heteroatoms. The Morgan fingerprint density at radius 2 is 0.800 bits per heavy atom. The van der Waals surface area contributed by atoms with Gasteiger partial charge in [0, 0.05) is 21.7 Å². The molecule has 1 N–H and O–H groups in total. The third-order valence-electron chi connectivity index (χ3n) is 0. The summed E-state index contributed by atoms with van der Waals surface area (Å²) < 4.78 is 0. The zero-order chi connectivity index (χ0) is 0. The molecule has 0 aliphatic rings. The van der Waals surface area contributed by atoms with Crippen LogP contribution in [0.1, 0.15) is 0 Å². The normalized spacial score (nSPS) is 0. The molecule has 0 spiro atoms. The molecular formula is HFeO3Ti-3. The van der Waals surface area contributed by atoms with Gasteiger partial charge in [-0.15, -0.1) is 0 Å². The summed E-state index contributed by atoms with van der Waals surface area (Å²) in [6, 6.07) is 0. The molecule has 5 heavy (non-hydrogen) atoms. The standard InChI is InChI=1S/Fe.H2O.2O.Ti/h;1H2;;;/q+2;;2*-2;/p-1. The van der Waals surface area contributed by atoms with Crippen LogP contribution in [0.2, 0.25) is 0 Å². The average Bonchev–Trinajstić information content (AvgIpc) is 0. The van der Waals surface area contributed by atoms with Crippen molar-refractivity contribution < 1.29 is 55.2 Å². The molecular weight excluding hydrogens is 152 g/mol. The SMILES string of the molecule is [Fe+2].[O-2].[O-2].[OH-].[Ti]. The first-order valence-electron chi connectivity index (χ1n) is 0. The van der Waals surface area contributed by atoms with E-state index >= 15 is 0 Å². The Morgan fingerprint density at radius 3 is 0.800 bits per heavy atom. The van der Waals surface area contributed by atoms with Gasteiger partial charge in [0.15, 0.2) is 0 Å². The van der Waals surface area contributed by atoms with Crippen molar-refractivity contribution in [3.8, 4) is 0 Å². The van der Waals surface area contributed by atoms with Crippen LogP contribution in [0.15, 0.2) is 0 Å². The zero-order valence-corrected chi connectivity index (χ0v) is 4.78. The molecule has 0 aliphatic carbocycles. The third kappa shape index (κ3) is 40.0. The van der Waals surface area contributed by atoms with Crippen molar-refractivity contribution in [3.63, 3.8) is 0 Å². The largest absolute Gasteiger partial charge is 2.00 e. The monoisotopic (exact) mass is 153 g/mol. The van der Waals surface area contributed by atoms with Gasteiger partial charge in [-0.3, -0.25) is 0 Å². The second kappa shape index (κ2) is 69.8. The fourth-order valence-corrected chi connectivity index (χ4v) is 0. The van der Waals surface area contributed by atoms with Crippen molar-refractivity contribution in [1.29, 1.82) is 0 Å². The van der Waals surface area contributed by atoms with Gasteiger partial charge in [-0.05, 0) is 0 Å². The van der Waals surface area contributed by atoms with E-state index in [2.05, 4.69) is 0 Å². The van der Waals surface area contributed by atoms with E-state index in [0.29, 0.717) is 0 Å². The molecule has 0 unspecified atom stereocenters. The van der Waals surface area contributed by atoms with E-state index in [-0.39, 0.29) is 55.2 Å². The fraction of sp³-hybridized carbons (Fsp3) is 0. The van der Waals surface area contributed by atoms with E-state index in [0.717, 1.165) is 0 Å². The molecule has 0 atom stereocenters. The second-order valence-electron chi connectivity index (χ2n) is 0. The van der Waals surface area contributed by atoms with Crippen LogP contribution >= 0.6 is 0 Å². The van der Waals surface area contributed by atoms with Crippen LogP contribution < -0.4 is 0 Å². The van der Waals surface area contributed by atoms with Crippen molar-refractivity contribution in [2.75, 3.05) is 0 Å². The van der Waals surface area contributed by atoms with Gasteiger partial charge in [0.1, 0.15) is 0 Å². The Morgan fingerprint density at radius 1 is 0.800 bits per heavy atom. The van der Waals surface area contributed by atoms with Crippen molar-refractivity contribution in [3.05, 3.63) is 0 Å². The van der Waals surface area contributed by atoms with Crippen LogP contribution in [0.3, 0.4) is 0 Å². The van der Waals surface area contributed by atoms with Crippen LogP contribution in [0.25, 0.3) is 0 Å². The predicted molar refractivity (Wildman–Crippen MR) is 3.31 cm³/mol. The molecule has 0 rings (SSSR count). The fourth-order valence-electron chi connectivity index (χ4n) is 0. The van der Waals surface area contributed by atoms with E-state index in [9.17, 15) is 0 Å². The number of rotatable bonds is 0. The van der Waals surface area contributed by atoms with Gasteiger partial charge in [0.25, 0.3) is 0 Å². The molecule has 0 bridgehead atoms. The summed E-state index contributed by atoms with van der Waals surface area (Å²) in [6.07, 6.45) is 0. The van der Waals surface area contributed by atoms with Gasteiger partial charge >= 0.3 is 17.1 Å². The minimum atomic E-state index is 0. The number of hydrogen-bond acceptors (Lipinski definition) is 1. The first-order chi connectivity index (χ1) is 0. The van der Waals surface area contributed by atoms with Crippen molar-refractivity contribution in [2.45, 2.75) is 0 Å². The van der Waals surface area contributed by atoms with Crippen LogP contribution in [0.4, 0.5) is 0 Å². The van der Waals surface area contributed by atoms with E-state index < -0.39 is 0 Å². The Labute approximate surface area is 55.4 Å². The summed E-state index contributed by atoms with van der Waals surface area (Å²) in [4.78, 5) is 0. The zero-order valence-electron chi connectivity index (χ0n) is 2.12. The first-order valence-corrected chi connectivity index (χ1v) is 0. The maximum absolute atomic E-state index is 0. The van der Waals surface area contributed by atoms with Crippen LogP contribution in [-0.4, -0.2) is 5.48 Å². The molecule has 3 nitrogen and oxygen atoms in total. The summed E-state index contributed by atoms with van der Waals surface area (Å²) in [5.74, 6) is 0. The molecule has 0 aromatic carbocycles. The summed E-state index contributed by atoms with van der Waals surface area (Å²) in [7, 11) is 0. The Hall–Kier alpha value is 1.11. The second-order valence-corrected chi connectivity index (χ2v) is 0. The van der Waals surface area contributed by atoms with Gasteiger partial charge in [-0.2, -0.15) is 0 Å². The maximum Gasteiger partial charge on any atom is 2.00 e. The molecule has 0 aliphatic heterocycles. The van der Waals surface area contributed by atoms with Gasteiger partial charge in [-0.25, -0.2) is 0 Å². The van der Waals surface area contributed by atoms with E-state index in [4.69, 9.17) is 0 Å². The van der Waals surface area contributed by atoms with E-state index in [1.54, 1.807) is 0 Å². The van der Waals surface area contributed by atoms with Gasteiger partial charge < -0.3 is 16.4 Å². The summed E-state index contributed by atoms with van der Waals surface area (Å²) in [5, 5.41) is 0. The molecule has 0 saturated heterocycles. The minimum absolute atomic E-state index is 0. The average molecular weight is 153 g/mol. The van der Waals surface area contributed by atoms with Gasteiger partial charge in [-0.1, -0.05) is 0 Å². The summed E-state index contributed by atoms with van der Waals surface area (Å²) >= 11 is 0. The molecule has 0 heterocycles.